The minimum atomic E-state index is -0.263. The summed E-state index contributed by atoms with van der Waals surface area (Å²) in [5, 5.41) is 0. The molecular weight excluding hydrogens is 278 g/mol. The van der Waals surface area contributed by atoms with Gasteiger partial charge in [-0.05, 0) is 38.1 Å². The van der Waals surface area contributed by atoms with Crippen molar-refractivity contribution in [2.75, 3.05) is 19.6 Å². The molecule has 1 aliphatic heterocycles. The Bertz CT molecular complexity index is 300. The van der Waals surface area contributed by atoms with E-state index in [9.17, 15) is 9.59 Å². The summed E-state index contributed by atoms with van der Waals surface area (Å²) in [5.41, 5.74) is 10.6. The van der Waals surface area contributed by atoms with Crippen LogP contribution in [-0.2, 0) is 9.59 Å². The highest BCUT2D eigenvalue weighted by Gasteiger charge is 2.24. The van der Waals surface area contributed by atoms with E-state index >= 15 is 0 Å². The number of carbonyl (C=O) groups is 2. The van der Waals surface area contributed by atoms with Crippen molar-refractivity contribution in [3.05, 3.63) is 0 Å². The number of nitrogens with two attached hydrogens (primary N) is 2. The van der Waals surface area contributed by atoms with E-state index in [2.05, 4.69) is 0 Å². The summed E-state index contributed by atoms with van der Waals surface area (Å²) >= 11 is 0. The molecule has 6 heteroatoms. The molecule has 0 bridgehead atoms. The van der Waals surface area contributed by atoms with Crippen LogP contribution in [0.3, 0.4) is 0 Å². The molecule has 4 N–H and O–H groups in total. The number of piperidine rings is 1. The predicted molar refractivity (Wildman–Crippen MR) is 82.5 cm³/mol. The maximum Gasteiger partial charge on any atom is 0.222 e. The standard InChI is InChI=1S/C14H27N3O2.ClH/c15-8-4-2-1-3-7-14(19)17-9-5-6-12(11-17)10-13(16)18;/h12H,1-11,15H2,(H2,16,18);1H. The highest BCUT2D eigenvalue weighted by molar-refractivity contribution is 5.85. The zero-order valence-corrected chi connectivity index (χ0v) is 13.0. The fourth-order valence-electron chi connectivity index (χ4n) is 2.67. The van der Waals surface area contributed by atoms with Gasteiger partial charge in [0.05, 0.1) is 0 Å². The minimum Gasteiger partial charge on any atom is -0.370 e. The van der Waals surface area contributed by atoms with Crippen LogP contribution >= 0.6 is 12.4 Å². The number of halogens is 1. The van der Waals surface area contributed by atoms with E-state index in [1.165, 1.54) is 0 Å². The quantitative estimate of drug-likeness (QED) is 0.665. The zero-order valence-electron chi connectivity index (χ0n) is 12.2. The Balaban J connectivity index is 0.00000361. The van der Waals surface area contributed by atoms with E-state index in [-0.39, 0.29) is 30.1 Å². The number of hydrogen-bond acceptors (Lipinski definition) is 3. The lowest BCUT2D eigenvalue weighted by molar-refractivity contribution is -0.134. The molecule has 0 radical (unpaired) electrons. The van der Waals surface area contributed by atoms with Crippen LogP contribution in [0, 0.1) is 5.92 Å². The first-order valence-corrected chi connectivity index (χ1v) is 7.39. The van der Waals surface area contributed by atoms with Crippen molar-refractivity contribution in [1.29, 1.82) is 0 Å². The summed E-state index contributed by atoms with van der Waals surface area (Å²) in [6.07, 6.45) is 7.16. The highest BCUT2D eigenvalue weighted by atomic mass is 35.5. The third kappa shape index (κ3) is 7.70. The SMILES string of the molecule is Cl.NCCCCCCC(=O)N1CCCC(CC(N)=O)C1. The molecule has 1 atom stereocenters. The first kappa shape index (κ1) is 19.2. The molecule has 0 saturated carbocycles. The Morgan fingerprint density at radius 2 is 1.85 bits per heavy atom. The Labute approximate surface area is 127 Å². The summed E-state index contributed by atoms with van der Waals surface area (Å²) in [6.45, 7) is 2.26. The summed E-state index contributed by atoms with van der Waals surface area (Å²) < 4.78 is 0. The molecule has 1 aliphatic rings. The van der Waals surface area contributed by atoms with Crippen molar-refractivity contribution in [2.45, 2.75) is 51.4 Å². The third-order valence-electron chi connectivity index (χ3n) is 3.71. The minimum absolute atomic E-state index is 0. The van der Waals surface area contributed by atoms with Crippen LogP contribution in [-0.4, -0.2) is 36.3 Å². The maximum atomic E-state index is 12.0. The monoisotopic (exact) mass is 305 g/mol. The molecule has 1 saturated heterocycles. The molecule has 1 unspecified atom stereocenters. The highest BCUT2D eigenvalue weighted by Crippen LogP contribution is 2.20. The van der Waals surface area contributed by atoms with E-state index in [0.29, 0.717) is 19.4 Å². The maximum absolute atomic E-state index is 12.0. The lowest BCUT2D eigenvalue weighted by Crippen LogP contribution is -2.40. The molecule has 118 valence electrons. The Kier molecular flexibility index (Phi) is 10.5. The Morgan fingerprint density at radius 3 is 2.50 bits per heavy atom. The lowest BCUT2D eigenvalue weighted by atomic mass is 9.94. The molecular formula is C14H28ClN3O2. The van der Waals surface area contributed by atoms with Gasteiger partial charge in [0.25, 0.3) is 0 Å². The van der Waals surface area contributed by atoms with Gasteiger partial charge >= 0.3 is 0 Å². The molecule has 20 heavy (non-hydrogen) atoms. The van der Waals surface area contributed by atoms with Gasteiger partial charge in [-0.15, -0.1) is 12.4 Å². The Morgan fingerprint density at radius 1 is 1.15 bits per heavy atom. The summed E-state index contributed by atoms with van der Waals surface area (Å²) in [7, 11) is 0. The molecule has 1 heterocycles. The van der Waals surface area contributed by atoms with Gasteiger partial charge in [-0.2, -0.15) is 0 Å². The largest absolute Gasteiger partial charge is 0.370 e. The number of rotatable bonds is 8. The van der Waals surface area contributed by atoms with Crippen molar-refractivity contribution < 1.29 is 9.59 Å². The predicted octanol–water partition coefficient (Wildman–Crippen LogP) is 1.43. The van der Waals surface area contributed by atoms with Crippen LogP contribution < -0.4 is 11.5 Å². The third-order valence-corrected chi connectivity index (χ3v) is 3.71. The van der Waals surface area contributed by atoms with Crippen LogP contribution in [0.1, 0.15) is 51.4 Å². The molecule has 5 nitrogen and oxygen atoms in total. The average Bonchev–Trinajstić information content (AvgIpc) is 2.38. The second kappa shape index (κ2) is 10.9. The van der Waals surface area contributed by atoms with Gasteiger partial charge in [0.15, 0.2) is 0 Å². The van der Waals surface area contributed by atoms with Crippen molar-refractivity contribution in [3.63, 3.8) is 0 Å². The van der Waals surface area contributed by atoms with Gasteiger partial charge < -0.3 is 16.4 Å². The number of unbranched alkanes of at least 4 members (excludes halogenated alkanes) is 3. The molecule has 0 aromatic carbocycles. The van der Waals surface area contributed by atoms with Gasteiger partial charge in [0.1, 0.15) is 0 Å². The average molecular weight is 306 g/mol. The van der Waals surface area contributed by atoms with Crippen LogP contribution in [0.25, 0.3) is 0 Å². The van der Waals surface area contributed by atoms with Gasteiger partial charge in [-0.3, -0.25) is 9.59 Å². The number of amides is 2. The smallest absolute Gasteiger partial charge is 0.222 e. The van der Waals surface area contributed by atoms with Crippen LogP contribution in [0.5, 0.6) is 0 Å². The number of hydrogen-bond donors (Lipinski definition) is 2. The summed E-state index contributed by atoms with van der Waals surface area (Å²) in [4.78, 5) is 24.9. The van der Waals surface area contributed by atoms with Crippen molar-refractivity contribution in [1.82, 2.24) is 4.90 Å². The Hall–Kier alpha value is -0.810. The number of nitrogens with zero attached hydrogens (tertiary/aromatic N) is 1. The molecule has 1 fully saturated rings. The van der Waals surface area contributed by atoms with Crippen molar-refractivity contribution >= 4 is 24.2 Å². The molecule has 0 aromatic rings. The fourth-order valence-corrected chi connectivity index (χ4v) is 2.67. The van der Waals surface area contributed by atoms with E-state index in [4.69, 9.17) is 11.5 Å². The van der Waals surface area contributed by atoms with E-state index in [0.717, 1.165) is 51.6 Å². The first-order chi connectivity index (χ1) is 9.13. The topological polar surface area (TPSA) is 89.4 Å². The number of likely N-dealkylation sites (tertiary alicyclic amines) is 1. The normalized spacial score (nSPS) is 18.4. The molecule has 0 aromatic heterocycles. The molecule has 1 rings (SSSR count). The molecule has 0 spiro atoms. The van der Waals surface area contributed by atoms with E-state index in [1.54, 1.807) is 0 Å². The lowest BCUT2D eigenvalue weighted by Gasteiger charge is -2.32. The first-order valence-electron chi connectivity index (χ1n) is 7.39. The second-order valence-electron chi connectivity index (χ2n) is 5.47. The van der Waals surface area contributed by atoms with E-state index in [1.807, 2.05) is 4.90 Å². The molecule has 0 aliphatic carbocycles. The molecule has 2 amide bonds. The number of primary amides is 1. The van der Waals surface area contributed by atoms with Crippen LogP contribution in [0.4, 0.5) is 0 Å². The second-order valence-corrected chi connectivity index (χ2v) is 5.47. The zero-order chi connectivity index (χ0) is 14.1. The van der Waals surface area contributed by atoms with Crippen molar-refractivity contribution in [2.24, 2.45) is 17.4 Å². The van der Waals surface area contributed by atoms with Gasteiger partial charge in [0.2, 0.25) is 11.8 Å². The fraction of sp³-hybridized carbons (Fsp3) is 0.857. The summed E-state index contributed by atoms with van der Waals surface area (Å²) in [6, 6.07) is 0. The van der Waals surface area contributed by atoms with Crippen molar-refractivity contribution in [3.8, 4) is 0 Å². The summed E-state index contributed by atoms with van der Waals surface area (Å²) in [5.74, 6) is 0.218. The van der Waals surface area contributed by atoms with Gasteiger partial charge in [0, 0.05) is 25.9 Å². The van der Waals surface area contributed by atoms with E-state index < -0.39 is 0 Å². The van der Waals surface area contributed by atoms with Gasteiger partial charge in [-0.25, -0.2) is 0 Å². The van der Waals surface area contributed by atoms with Gasteiger partial charge in [-0.1, -0.05) is 12.8 Å². The van der Waals surface area contributed by atoms with Crippen LogP contribution in [0.2, 0.25) is 0 Å². The number of carbonyl (C=O) groups excluding carboxylic acids is 2. The van der Waals surface area contributed by atoms with Crippen LogP contribution in [0.15, 0.2) is 0 Å².